The minimum absolute atomic E-state index is 0.0197. The van der Waals surface area contributed by atoms with Crippen LogP contribution < -0.4 is 5.32 Å². The van der Waals surface area contributed by atoms with E-state index in [9.17, 15) is 9.59 Å². The molecule has 2 aromatic carbocycles. The molecule has 0 bridgehead atoms. The van der Waals surface area contributed by atoms with Gasteiger partial charge in [0.1, 0.15) is 11.3 Å². The Kier molecular flexibility index (Phi) is 7.47. The lowest BCUT2D eigenvalue weighted by molar-refractivity contribution is -0.137. The maximum absolute atomic E-state index is 12.6. The summed E-state index contributed by atoms with van der Waals surface area (Å²) < 4.78 is 6.35. The molecule has 0 saturated heterocycles. The number of amides is 1. The number of benzene rings is 2. The SMILES string of the molecule is Cc1c(C(Nc2ccc(C(=O)N(C)CCC(=O)O)cc2)C2CCCCC2)oc2ccc(Cl)cc12. The first-order valence-corrected chi connectivity index (χ1v) is 12.2. The van der Waals surface area contributed by atoms with Crippen LogP contribution >= 0.6 is 11.6 Å². The number of nitrogens with zero attached hydrogens (tertiary/aromatic N) is 1. The molecule has 0 spiro atoms. The smallest absolute Gasteiger partial charge is 0.305 e. The highest BCUT2D eigenvalue weighted by molar-refractivity contribution is 6.31. The van der Waals surface area contributed by atoms with Crippen LogP contribution in [0.2, 0.25) is 5.02 Å². The Hall–Kier alpha value is -2.99. The topological polar surface area (TPSA) is 82.8 Å². The standard InChI is InChI=1S/C27H31ClN2O4/c1-17-22-16-20(28)10-13-23(22)34-26(17)25(18-6-4-3-5-7-18)29-21-11-8-19(9-12-21)27(33)30(2)15-14-24(31)32/h8-13,16,18,25,29H,3-7,14-15H2,1-2H3,(H,31,32). The van der Waals surface area contributed by atoms with Crippen LogP contribution in [0.25, 0.3) is 11.0 Å². The summed E-state index contributed by atoms with van der Waals surface area (Å²) in [5, 5.41) is 14.3. The molecule has 1 saturated carbocycles. The van der Waals surface area contributed by atoms with Gasteiger partial charge in [-0.3, -0.25) is 9.59 Å². The Bertz CT molecular complexity index is 1170. The highest BCUT2D eigenvalue weighted by Crippen LogP contribution is 2.41. The molecule has 1 aromatic heterocycles. The minimum Gasteiger partial charge on any atom is -0.481 e. The van der Waals surface area contributed by atoms with Crippen LogP contribution in [0.15, 0.2) is 46.9 Å². The van der Waals surface area contributed by atoms with Crippen LogP contribution in [-0.2, 0) is 4.79 Å². The number of rotatable bonds is 8. The number of hydrogen-bond acceptors (Lipinski definition) is 4. The van der Waals surface area contributed by atoms with Gasteiger partial charge in [-0.15, -0.1) is 0 Å². The lowest BCUT2D eigenvalue weighted by Crippen LogP contribution is -2.29. The highest BCUT2D eigenvalue weighted by Gasteiger charge is 2.30. The van der Waals surface area contributed by atoms with Crippen molar-refractivity contribution in [3.8, 4) is 0 Å². The molecule has 2 N–H and O–H groups in total. The van der Waals surface area contributed by atoms with Gasteiger partial charge < -0.3 is 19.7 Å². The van der Waals surface area contributed by atoms with Gasteiger partial charge in [-0.2, -0.15) is 0 Å². The van der Waals surface area contributed by atoms with E-state index in [1.807, 2.05) is 30.3 Å². The zero-order chi connectivity index (χ0) is 24.2. The Morgan fingerprint density at radius 2 is 1.85 bits per heavy atom. The summed E-state index contributed by atoms with van der Waals surface area (Å²) in [6.07, 6.45) is 5.89. The third-order valence-corrected chi connectivity index (χ3v) is 7.04. The Balaban J connectivity index is 1.57. The number of carboxylic acids is 1. The second-order valence-electron chi connectivity index (χ2n) is 9.20. The number of nitrogens with one attached hydrogen (secondary N) is 1. The van der Waals surface area contributed by atoms with Crippen LogP contribution in [-0.4, -0.2) is 35.5 Å². The zero-order valence-corrected chi connectivity index (χ0v) is 20.4. The Labute approximate surface area is 204 Å². The molecule has 6 nitrogen and oxygen atoms in total. The van der Waals surface area contributed by atoms with Crippen LogP contribution in [0.4, 0.5) is 5.69 Å². The van der Waals surface area contributed by atoms with Crippen molar-refractivity contribution >= 4 is 40.1 Å². The van der Waals surface area contributed by atoms with Crippen molar-refractivity contribution in [1.29, 1.82) is 0 Å². The zero-order valence-electron chi connectivity index (χ0n) is 19.6. The number of hydrogen-bond donors (Lipinski definition) is 2. The first kappa shape index (κ1) is 24.1. The lowest BCUT2D eigenvalue weighted by Gasteiger charge is -2.31. The molecular formula is C27H31ClN2O4. The predicted octanol–water partition coefficient (Wildman–Crippen LogP) is 6.67. The average Bonchev–Trinajstić information content (AvgIpc) is 3.16. The van der Waals surface area contributed by atoms with E-state index in [0.717, 1.165) is 40.8 Å². The monoisotopic (exact) mass is 482 g/mol. The van der Waals surface area contributed by atoms with Crippen LogP contribution in [0.1, 0.15) is 66.2 Å². The van der Waals surface area contributed by atoms with E-state index < -0.39 is 5.97 Å². The molecule has 1 aliphatic rings. The molecule has 1 fully saturated rings. The second kappa shape index (κ2) is 10.5. The summed E-state index contributed by atoms with van der Waals surface area (Å²) in [7, 11) is 1.62. The van der Waals surface area contributed by atoms with E-state index >= 15 is 0 Å². The van der Waals surface area contributed by atoms with Crippen LogP contribution in [0.5, 0.6) is 0 Å². The van der Waals surface area contributed by atoms with Gasteiger partial charge in [-0.05, 0) is 68.1 Å². The summed E-state index contributed by atoms with van der Waals surface area (Å²) in [5.41, 5.74) is 3.39. The predicted molar refractivity (Wildman–Crippen MR) is 135 cm³/mol. The van der Waals surface area contributed by atoms with Crippen LogP contribution in [0.3, 0.4) is 0 Å². The first-order chi connectivity index (χ1) is 16.3. The first-order valence-electron chi connectivity index (χ1n) is 11.9. The van der Waals surface area contributed by atoms with E-state index in [2.05, 4.69) is 12.2 Å². The molecular weight excluding hydrogens is 452 g/mol. The van der Waals surface area contributed by atoms with Crippen LogP contribution in [0, 0.1) is 12.8 Å². The van der Waals surface area contributed by atoms with Crippen molar-refractivity contribution in [1.82, 2.24) is 4.90 Å². The Morgan fingerprint density at radius 1 is 1.15 bits per heavy atom. The number of aryl methyl sites for hydroxylation is 1. The summed E-state index contributed by atoms with van der Waals surface area (Å²) in [5.74, 6) is 0.280. The van der Waals surface area contributed by atoms with Crippen molar-refractivity contribution in [2.45, 2.75) is 51.5 Å². The number of carbonyl (C=O) groups is 2. The quantitative estimate of drug-likeness (QED) is 0.374. The summed E-state index contributed by atoms with van der Waals surface area (Å²) in [4.78, 5) is 24.8. The van der Waals surface area contributed by atoms with E-state index in [0.29, 0.717) is 16.5 Å². The number of carbonyl (C=O) groups excluding carboxylic acids is 1. The fourth-order valence-electron chi connectivity index (χ4n) is 4.85. The van der Waals surface area contributed by atoms with E-state index in [-0.39, 0.29) is 24.9 Å². The number of aliphatic carboxylic acids is 1. The maximum Gasteiger partial charge on any atom is 0.305 e. The third kappa shape index (κ3) is 5.39. The van der Waals surface area contributed by atoms with Gasteiger partial charge in [0.2, 0.25) is 0 Å². The fourth-order valence-corrected chi connectivity index (χ4v) is 5.02. The normalized spacial score (nSPS) is 15.3. The number of furan rings is 1. The molecule has 0 radical (unpaired) electrons. The van der Waals surface area contributed by atoms with Crippen molar-refractivity contribution < 1.29 is 19.1 Å². The molecule has 1 atom stereocenters. The highest BCUT2D eigenvalue weighted by atomic mass is 35.5. The van der Waals surface area contributed by atoms with Gasteiger partial charge in [0.25, 0.3) is 5.91 Å². The Morgan fingerprint density at radius 3 is 2.53 bits per heavy atom. The minimum atomic E-state index is -0.920. The molecule has 1 heterocycles. The average molecular weight is 483 g/mol. The molecule has 1 amide bonds. The molecule has 1 unspecified atom stereocenters. The molecule has 34 heavy (non-hydrogen) atoms. The second-order valence-corrected chi connectivity index (χ2v) is 9.64. The summed E-state index contributed by atoms with van der Waals surface area (Å²) in [6.45, 7) is 2.26. The molecule has 7 heteroatoms. The van der Waals surface area contributed by atoms with Gasteiger partial charge in [0, 0.05) is 40.8 Å². The third-order valence-electron chi connectivity index (χ3n) is 6.80. The number of carboxylic acid groups (broad SMARTS) is 1. The van der Waals surface area contributed by atoms with Gasteiger partial charge in [-0.1, -0.05) is 30.9 Å². The van der Waals surface area contributed by atoms with E-state index in [1.54, 1.807) is 19.2 Å². The number of fused-ring (bicyclic) bond motifs is 1. The van der Waals surface area contributed by atoms with Gasteiger partial charge in [-0.25, -0.2) is 0 Å². The van der Waals surface area contributed by atoms with E-state index in [4.69, 9.17) is 21.1 Å². The molecule has 1 aliphatic carbocycles. The van der Waals surface area contributed by atoms with Crippen molar-refractivity contribution in [3.05, 3.63) is 64.4 Å². The van der Waals surface area contributed by atoms with E-state index in [1.165, 1.54) is 24.2 Å². The summed E-state index contributed by atoms with van der Waals surface area (Å²) in [6, 6.07) is 13.1. The lowest BCUT2D eigenvalue weighted by atomic mass is 9.82. The van der Waals surface area contributed by atoms with Crippen molar-refractivity contribution in [2.24, 2.45) is 5.92 Å². The van der Waals surface area contributed by atoms with Crippen molar-refractivity contribution in [2.75, 3.05) is 18.9 Å². The fraction of sp³-hybridized carbons (Fsp3) is 0.407. The molecule has 180 valence electrons. The molecule has 4 rings (SSSR count). The number of halogens is 1. The maximum atomic E-state index is 12.6. The van der Waals surface area contributed by atoms with Gasteiger partial charge in [0.05, 0.1) is 12.5 Å². The largest absolute Gasteiger partial charge is 0.481 e. The van der Waals surface area contributed by atoms with Crippen molar-refractivity contribution in [3.63, 3.8) is 0 Å². The molecule has 0 aliphatic heterocycles. The number of anilines is 1. The van der Waals surface area contributed by atoms with Gasteiger partial charge >= 0.3 is 5.97 Å². The van der Waals surface area contributed by atoms with Gasteiger partial charge in [0.15, 0.2) is 0 Å². The molecule has 3 aromatic rings. The summed E-state index contributed by atoms with van der Waals surface area (Å²) >= 11 is 6.24.